The smallest absolute Gasteiger partial charge is 0.263 e. The molecule has 3 heterocycles. The molecule has 0 spiro atoms. The number of pyridine rings is 1. The minimum absolute atomic E-state index is 0.131. The Morgan fingerprint density at radius 2 is 1.97 bits per heavy atom. The molecule has 2 aromatic heterocycles. The molecule has 2 aromatic carbocycles. The van der Waals surface area contributed by atoms with Gasteiger partial charge in [-0.1, -0.05) is 36.4 Å². The fraction of sp³-hybridized carbons (Fsp3) is 0.115. The first-order chi connectivity index (χ1) is 17.1. The van der Waals surface area contributed by atoms with Crippen molar-refractivity contribution in [2.75, 3.05) is 7.05 Å². The van der Waals surface area contributed by atoms with E-state index in [1.807, 2.05) is 67.6 Å². The van der Waals surface area contributed by atoms with Crippen molar-refractivity contribution < 1.29 is 0 Å². The van der Waals surface area contributed by atoms with Crippen LogP contribution in [0.25, 0.3) is 27.7 Å². The molecule has 1 aliphatic rings. The average Bonchev–Trinajstić information content (AvgIpc) is 3.59. The topological polar surface area (TPSA) is 112 Å². The fourth-order valence-electron chi connectivity index (χ4n) is 4.27. The summed E-state index contributed by atoms with van der Waals surface area (Å²) in [6.07, 6.45) is 3.30. The Morgan fingerprint density at radius 1 is 1.14 bits per heavy atom. The number of aliphatic imine (C=N–C) groups is 3. The van der Waals surface area contributed by atoms with Crippen molar-refractivity contribution in [3.63, 3.8) is 0 Å². The number of hydrogen-bond acceptors (Lipinski definition) is 6. The van der Waals surface area contributed by atoms with E-state index < -0.39 is 0 Å². The van der Waals surface area contributed by atoms with Crippen molar-refractivity contribution in [3.8, 4) is 16.9 Å². The van der Waals surface area contributed by atoms with Crippen molar-refractivity contribution in [1.82, 2.24) is 25.4 Å². The summed E-state index contributed by atoms with van der Waals surface area (Å²) in [4.78, 5) is 26.8. The van der Waals surface area contributed by atoms with Crippen LogP contribution in [0.5, 0.6) is 0 Å². The summed E-state index contributed by atoms with van der Waals surface area (Å²) in [6, 6.07) is 18.9. The average molecular weight is 465 g/mol. The molecule has 1 atom stereocenters. The molecule has 35 heavy (non-hydrogen) atoms. The van der Waals surface area contributed by atoms with E-state index in [2.05, 4.69) is 42.5 Å². The summed E-state index contributed by atoms with van der Waals surface area (Å²) < 4.78 is 1.73. The van der Waals surface area contributed by atoms with Gasteiger partial charge >= 0.3 is 0 Å². The number of H-pyrrole nitrogens is 1. The maximum absolute atomic E-state index is 14.1. The number of benzene rings is 2. The largest absolute Gasteiger partial charge is 0.360 e. The number of aromatic nitrogens is 3. The Labute approximate surface area is 201 Å². The minimum Gasteiger partial charge on any atom is -0.360 e. The highest BCUT2D eigenvalue weighted by Crippen LogP contribution is 2.28. The summed E-state index contributed by atoms with van der Waals surface area (Å²) in [5.41, 5.74) is 3.44. The second kappa shape index (κ2) is 9.22. The fourth-order valence-corrected chi connectivity index (χ4v) is 4.27. The number of rotatable bonds is 6. The predicted molar refractivity (Wildman–Crippen MR) is 140 cm³/mol. The summed E-state index contributed by atoms with van der Waals surface area (Å²) >= 11 is 0. The van der Waals surface area contributed by atoms with Crippen LogP contribution in [0.1, 0.15) is 18.7 Å². The highest BCUT2D eigenvalue weighted by Gasteiger charge is 2.22. The molecule has 0 fully saturated rings. The van der Waals surface area contributed by atoms with Crippen LogP contribution in [-0.4, -0.2) is 40.7 Å². The van der Waals surface area contributed by atoms with Gasteiger partial charge in [0.25, 0.3) is 5.56 Å². The molecular formula is C26H24N8O. The lowest BCUT2D eigenvalue weighted by atomic mass is 10.0. The van der Waals surface area contributed by atoms with E-state index in [9.17, 15) is 4.79 Å². The molecule has 0 unspecified atom stereocenters. The third kappa shape index (κ3) is 3.93. The zero-order valence-corrected chi connectivity index (χ0v) is 19.4. The van der Waals surface area contributed by atoms with Crippen molar-refractivity contribution >= 4 is 29.7 Å². The normalized spacial score (nSPS) is 16.3. The van der Waals surface area contributed by atoms with Gasteiger partial charge in [-0.25, -0.2) is 9.98 Å². The maximum Gasteiger partial charge on any atom is 0.263 e. The number of aromatic amines is 1. The van der Waals surface area contributed by atoms with E-state index in [0.29, 0.717) is 28.4 Å². The first kappa shape index (κ1) is 22.0. The standard InChI is InChI=1S/C26H24N8O/c1-16(32-25(28-3)23-24(27-2)30-15-29-23)21-14-17-8-7-11-19(20-12-13-31-33-20)22(17)26(35)34(21)18-9-5-4-6-10-18/h4-16,32H,3H2,1-2H3,(H,31,33)(H,27,29,30)/b25-23-/t16-/m0/s1. The molecule has 174 valence electrons. The Bertz CT molecular complexity index is 1550. The van der Waals surface area contributed by atoms with Crippen molar-refractivity contribution in [3.05, 3.63) is 94.4 Å². The number of nitrogens with zero attached hydrogens (tertiary/aromatic N) is 5. The first-order valence-electron chi connectivity index (χ1n) is 11.1. The zero-order chi connectivity index (χ0) is 24.4. The summed E-state index contributed by atoms with van der Waals surface area (Å²) in [5.74, 6) is 1.06. The van der Waals surface area contributed by atoms with Crippen LogP contribution in [0.2, 0.25) is 0 Å². The van der Waals surface area contributed by atoms with Gasteiger partial charge in [-0.3, -0.25) is 19.5 Å². The Hall–Kier alpha value is -4.79. The van der Waals surface area contributed by atoms with Gasteiger partial charge in [0.1, 0.15) is 5.70 Å². The molecule has 9 nitrogen and oxygen atoms in total. The van der Waals surface area contributed by atoms with E-state index in [1.165, 1.54) is 0 Å². The lowest BCUT2D eigenvalue weighted by Crippen LogP contribution is -2.29. The maximum atomic E-state index is 14.1. The van der Waals surface area contributed by atoms with Gasteiger partial charge < -0.3 is 10.6 Å². The molecule has 0 bridgehead atoms. The van der Waals surface area contributed by atoms with Gasteiger partial charge in [0.2, 0.25) is 0 Å². The molecular weight excluding hydrogens is 440 g/mol. The molecule has 9 heteroatoms. The summed E-state index contributed by atoms with van der Waals surface area (Å²) in [5, 5.41) is 14.9. The quantitative estimate of drug-likeness (QED) is 0.379. The monoisotopic (exact) mass is 464 g/mol. The summed E-state index contributed by atoms with van der Waals surface area (Å²) in [6.45, 7) is 5.67. The van der Waals surface area contributed by atoms with Crippen LogP contribution in [0, 0.1) is 0 Å². The highest BCUT2D eigenvalue weighted by atomic mass is 16.1. The van der Waals surface area contributed by atoms with Gasteiger partial charge in [0, 0.05) is 30.2 Å². The number of amidine groups is 1. The summed E-state index contributed by atoms with van der Waals surface area (Å²) in [7, 11) is 1.68. The van der Waals surface area contributed by atoms with Crippen molar-refractivity contribution in [2.24, 2.45) is 15.0 Å². The van der Waals surface area contributed by atoms with E-state index in [0.717, 1.165) is 22.3 Å². The van der Waals surface area contributed by atoms with E-state index in [1.54, 1.807) is 24.2 Å². The predicted octanol–water partition coefficient (Wildman–Crippen LogP) is 3.56. The third-order valence-corrected chi connectivity index (χ3v) is 5.89. The van der Waals surface area contributed by atoms with Crippen molar-refractivity contribution in [1.29, 1.82) is 0 Å². The zero-order valence-electron chi connectivity index (χ0n) is 19.4. The van der Waals surface area contributed by atoms with Gasteiger partial charge in [-0.15, -0.1) is 0 Å². The minimum atomic E-state index is -0.316. The molecule has 5 rings (SSSR count). The Balaban J connectivity index is 1.72. The van der Waals surface area contributed by atoms with Gasteiger partial charge in [0.15, 0.2) is 11.7 Å². The van der Waals surface area contributed by atoms with Crippen LogP contribution in [0.3, 0.4) is 0 Å². The molecule has 4 aromatic rings. The lowest BCUT2D eigenvalue weighted by Gasteiger charge is -2.22. The van der Waals surface area contributed by atoms with Crippen LogP contribution >= 0.6 is 0 Å². The first-order valence-corrected chi connectivity index (χ1v) is 11.1. The van der Waals surface area contributed by atoms with E-state index in [4.69, 9.17) is 0 Å². The van der Waals surface area contributed by atoms with Gasteiger partial charge in [-0.2, -0.15) is 5.10 Å². The molecule has 0 saturated carbocycles. The van der Waals surface area contributed by atoms with Crippen molar-refractivity contribution in [2.45, 2.75) is 13.0 Å². The highest BCUT2D eigenvalue weighted by molar-refractivity contribution is 6.09. The number of nitrogens with one attached hydrogen (secondary N) is 3. The molecule has 3 N–H and O–H groups in total. The van der Waals surface area contributed by atoms with Crippen LogP contribution in [0.4, 0.5) is 0 Å². The Morgan fingerprint density at radius 3 is 2.69 bits per heavy atom. The lowest BCUT2D eigenvalue weighted by molar-refractivity contribution is 0.608. The molecule has 0 aliphatic carbocycles. The van der Waals surface area contributed by atoms with E-state index >= 15 is 0 Å². The van der Waals surface area contributed by atoms with Gasteiger partial charge in [-0.05, 0) is 43.3 Å². The number of hydrogen-bond donors (Lipinski definition) is 3. The molecule has 1 aliphatic heterocycles. The second-order valence-corrected chi connectivity index (χ2v) is 7.97. The van der Waals surface area contributed by atoms with Crippen LogP contribution < -0.4 is 16.2 Å². The molecule has 0 saturated heterocycles. The second-order valence-electron chi connectivity index (χ2n) is 7.97. The molecule has 0 amide bonds. The molecule has 0 radical (unpaired) electrons. The van der Waals surface area contributed by atoms with E-state index in [-0.39, 0.29) is 11.6 Å². The number of fused-ring (bicyclic) bond motifs is 1. The third-order valence-electron chi connectivity index (χ3n) is 5.89. The van der Waals surface area contributed by atoms with Crippen LogP contribution in [0.15, 0.2) is 98.2 Å². The van der Waals surface area contributed by atoms with Gasteiger partial charge in [0.05, 0.1) is 23.5 Å². The Kier molecular flexibility index (Phi) is 5.80. The number of para-hydroxylation sites is 1. The SMILES string of the molecule is C=N/C(N[C@@H](C)c1cc2cccc(-c3cc[nH]n3)c2c(=O)n1-c1ccccc1)=C1/N=CN/C1=N/C. The van der Waals surface area contributed by atoms with Crippen LogP contribution in [-0.2, 0) is 0 Å².